The molecule has 7 heteroatoms. The van der Waals surface area contributed by atoms with Gasteiger partial charge in [0.05, 0.1) is 5.75 Å². The summed E-state index contributed by atoms with van der Waals surface area (Å²) in [5.74, 6) is 1.21. The normalized spacial score (nSPS) is 11.4. The fourth-order valence-electron chi connectivity index (χ4n) is 2.66. The summed E-state index contributed by atoms with van der Waals surface area (Å²) in [6, 6.07) is 20.9. The van der Waals surface area contributed by atoms with Crippen molar-refractivity contribution in [2.24, 2.45) is 0 Å². The number of rotatable bonds is 8. The highest BCUT2D eigenvalue weighted by atomic mass is 32.2. The van der Waals surface area contributed by atoms with E-state index in [4.69, 9.17) is 0 Å². The number of nitrogens with one attached hydrogen (secondary N) is 2. The van der Waals surface area contributed by atoms with Crippen molar-refractivity contribution >= 4 is 27.3 Å². The molecule has 0 amide bonds. The molecule has 1 heterocycles. The van der Waals surface area contributed by atoms with Crippen molar-refractivity contribution in [1.29, 1.82) is 0 Å². The lowest BCUT2D eigenvalue weighted by Crippen LogP contribution is -2.19. The van der Waals surface area contributed by atoms with Crippen molar-refractivity contribution in [3.8, 4) is 0 Å². The number of anilines is 3. The first-order valence-corrected chi connectivity index (χ1v) is 10.8. The highest BCUT2D eigenvalue weighted by Crippen LogP contribution is 2.20. The third-order valence-electron chi connectivity index (χ3n) is 4.28. The molecule has 0 aliphatic carbocycles. The summed E-state index contributed by atoms with van der Waals surface area (Å²) in [5, 5.41) is 11.2. The van der Waals surface area contributed by atoms with Crippen LogP contribution < -0.4 is 10.0 Å². The Morgan fingerprint density at radius 1 is 0.857 bits per heavy atom. The molecule has 2 N–H and O–H groups in total. The van der Waals surface area contributed by atoms with E-state index in [-0.39, 0.29) is 11.6 Å². The Balaban J connectivity index is 1.57. The number of hydrogen-bond donors (Lipinski definition) is 2. The number of benzene rings is 2. The quantitative estimate of drug-likeness (QED) is 0.592. The highest BCUT2D eigenvalue weighted by Gasteiger charge is 2.12. The molecule has 28 heavy (non-hydrogen) atoms. The second kappa shape index (κ2) is 8.84. The van der Waals surface area contributed by atoms with Gasteiger partial charge in [0.25, 0.3) is 0 Å². The molecular weight excluding hydrogens is 372 g/mol. The minimum absolute atomic E-state index is 0.0130. The van der Waals surface area contributed by atoms with E-state index in [1.807, 2.05) is 42.5 Å². The van der Waals surface area contributed by atoms with Crippen LogP contribution in [-0.4, -0.2) is 24.4 Å². The Bertz CT molecular complexity index is 987. The van der Waals surface area contributed by atoms with E-state index in [0.717, 1.165) is 11.3 Å². The smallest absolute Gasteiger partial charge is 0.234 e. The minimum Gasteiger partial charge on any atom is -0.339 e. The molecule has 0 bridgehead atoms. The van der Waals surface area contributed by atoms with Gasteiger partial charge in [-0.25, -0.2) is 8.42 Å². The summed E-state index contributed by atoms with van der Waals surface area (Å²) in [6.07, 6.45) is 0.440. The molecule has 0 atom stereocenters. The van der Waals surface area contributed by atoms with Gasteiger partial charge in [-0.05, 0) is 47.7 Å². The number of aromatic nitrogens is 2. The van der Waals surface area contributed by atoms with Gasteiger partial charge in [0.1, 0.15) is 0 Å². The van der Waals surface area contributed by atoms with Gasteiger partial charge in [-0.15, -0.1) is 10.2 Å². The first-order valence-electron chi connectivity index (χ1n) is 9.16. The summed E-state index contributed by atoms with van der Waals surface area (Å²) >= 11 is 0. The number of sulfonamides is 1. The van der Waals surface area contributed by atoms with Crippen molar-refractivity contribution in [2.75, 3.05) is 15.8 Å². The standard InChI is InChI=1S/C21H24N4O2S/c1-16(2)18-8-10-19(11-9-18)22-20-12-13-21(24-23-20)25-28(26,27)15-14-17-6-4-3-5-7-17/h3-13,16H,14-15H2,1-2H3,(H,22,23)(H,24,25). The molecule has 0 fully saturated rings. The largest absolute Gasteiger partial charge is 0.339 e. The minimum atomic E-state index is -3.49. The predicted octanol–water partition coefficient (Wildman–Crippen LogP) is 4.33. The summed E-state index contributed by atoms with van der Waals surface area (Å²) < 4.78 is 27.0. The van der Waals surface area contributed by atoms with Crippen molar-refractivity contribution in [3.05, 3.63) is 77.9 Å². The number of hydrogen-bond acceptors (Lipinski definition) is 5. The van der Waals surface area contributed by atoms with E-state index in [2.05, 4.69) is 46.2 Å². The van der Waals surface area contributed by atoms with Gasteiger partial charge in [-0.1, -0.05) is 56.3 Å². The van der Waals surface area contributed by atoms with Crippen molar-refractivity contribution in [1.82, 2.24) is 10.2 Å². The molecule has 0 spiro atoms. The van der Waals surface area contributed by atoms with E-state index < -0.39 is 10.0 Å². The zero-order valence-electron chi connectivity index (χ0n) is 16.0. The molecule has 6 nitrogen and oxygen atoms in total. The summed E-state index contributed by atoms with van der Waals surface area (Å²) in [6.45, 7) is 4.29. The lowest BCUT2D eigenvalue weighted by molar-refractivity contribution is 0.600. The predicted molar refractivity (Wildman–Crippen MR) is 113 cm³/mol. The Hall–Kier alpha value is -2.93. The average Bonchev–Trinajstić information content (AvgIpc) is 2.69. The molecular formula is C21H24N4O2S. The first-order chi connectivity index (χ1) is 13.4. The first kappa shape index (κ1) is 19.8. The maximum absolute atomic E-state index is 12.2. The van der Waals surface area contributed by atoms with E-state index in [1.165, 1.54) is 5.56 Å². The zero-order chi connectivity index (χ0) is 20.0. The van der Waals surface area contributed by atoms with Gasteiger partial charge in [0.2, 0.25) is 10.0 Å². The highest BCUT2D eigenvalue weighted by molar-refractivity contribution is 7.92. The maximum Gasteiger partial charge on any atom is 0.234 e. The third-order valence-corrected chi connectivity index (χ3v) is 5.54. The SMILES string of the molecule is CC(C)c1ccc(Nc2ccc(NS(=O)(=O)CCc3ccccc3)nn2)cc1. The van der Waals surface area contributed by atoms with Crippen LogP contribution in [0.15, 0.2) is 66.7 Å². The lowest BCUT2D eigenvalue weighted by atomic mass is 10.0. The zero-order valence-corrected chi connectivity index (χ0v) is 16.8. The maximum atomic E-state index is 12.2. The van der Waals surface area contributed by atoms with Crippen LogP contribution in [0.5, 0.6) is 0 Å². The Labute approximate surface area is 166 Å². The Morgan fingerprint density at radius 2 is 1.50 bits per heavy atom. The second-order valence-electron chi connectivity index (χ2n) is 6.86. The van der Waals surface area contributed by atoms with Crippen LogP contribution >= 0.6 is 0 Å². The molecule has 0 aliphatic rings. The summed E-state index contributed by atoms with van der Waals surface area (Å²) in [4.78, 5) is 0. The van der Waals surface area contributed by atoms with Crippen LogP contribution in [0.1, 0.15) is 30.9 Å². The molecule has 2 aromatic carbocycles. The van der Waals surface area contributed by atoms with Gasteiger partial charge in [0, 0.05) is 5.69 Å². The molecule has 0 saturated carbocycles. The van der Waals surface area contributed by atoms with E-state index >= 15 is 0 Å². The molecule has 0 radical (unpaired) electrons. The van der Waals surface area contributed by atoms with E-state index in [0.29, 0.717) is 18.2 Å². The third kappa shape index (κ3) is 5.79. The van der Waals surface area contributed by atoms with E-state index in [1.54, 1.807) is 12.1 Å². The van der Waals surface area contributed by atoms with E-state index in [9.17, 15) is 8.42 Å². The Kier molecular flexibility index (Phi) is 6.26. The van der Waals surface area contributed by atoms with Crippen LogP contribution in [0.3, 0.4) is 0 Å². The molecule has 0 aliphatic heterocycles. The van der Waals surface area contributed by atoms with Gasteiger partial charge in [-0.3, -0.25) is 4.72 Å². The number of nitrogens with zero attached hydrogens (tertiary/aromatic N) is 2. The van der Waals surface area contributed by atoms with Crippen LogP contribution in [0.4, 0.5) is 17.3 Å². The Morgan fingerprint density at radius 3 is 2.11 bits per heavy atom. The van der Waals surface area contributed by atoms with Crippen molar-refractivity contribution in [3.63, 3.8) is 0 Å². The van der Waals surface area contributed by atoms with Gasteiger partial charge < -0.3 is 5.32 Å². The number of aryl methyl sites for hydroxylation is 1. The molecule has 3 rings (SSSR count). The molecule has 3 aromatic rings. The summed E-state index contributed by atoms with van der Waals surface area (Å²) in [7, 11) is -3.49. The monoisotopic (exact) mass is 396 g/mol. The van der Waals surface area contributed by atoms with Crippen LogP contribution in [0, 0.1) is 0 Å². The molecule has 146 valence electrons. The fraction of sp³-hybridized carbons (Fsp3) is 0.238. The van der Waals surface area contributed by atoms with Gasteiger partial charge in [-0.2, -0.15) is 0 Å². The van der Waals surface area contributed by atoms with Crippen molar-refractivity contribution in [2.45, 2.75) is 26.2 Å². The van der Waals surface area contributed by atoms with Crippen LogP contribution in [0.2, 0.25) is 0 Å². The fourth-order valence-corrected chi connectivity index (χ4v) is 3.69. The lowest BCUT2D eigenvalue weighted by Gasteiger charge is -2.10. The average molecular weight is 397 g/mol. The molecule has 1 aromatic heterocycles. The van der Waals surface area contributed by atoms with Gasteiger partial charge in [0.15, 0.2) is 11.6 Å². The molecule has 0 saturated heterocycles. The second-order valence-corrected chi connectivity index (χ2v) is 8.70. The van der Waals surface area contributed by atoms with Crippen molar-refractivity contribution < 1.29 is 8.42 Å². The van der Waals surface area contributed by atoms with Crippen LogP contribution in [-0.2, 0) is 16.4 Å². The van der Waals surface area contributed by atoms with Gasteiger partial charge >= 0.3 is 0 Å². The summed E-state index contributed by atoms with van der Waals surface area (Å²) in [5.41, 5.74) is 3.13. The van der Waals surface area contributed by atoms with Crippen LogP contribution in [0.25, 0.3) is 0 Å². The topological polar surface area (TPSA) is 84.0 Å². The molecule has 0 unspecified atom stereocenters.